The molecule has 1 aromatic carbocycles. The SMILES string of the molecule is CC(C)(C)OC(=O)NNc1cc(CNC(=O)C(F)(F)F)c(F)cc1Cl. The van der Waals surface area contributed by atoms with Crippen molar-refractivity contribution < 1.29 is 31.9 Å². The number of hydrogen-bond acceptors (Lipinski definition) is 4. The van der Waals surface area contributed by atoms with E-state index in [4.69, 9.17) is 16.3 Å². The van der Waals surface area contributed by atoms with Gasteiger partial charge in [0.05, 0.1) is 10.7 Å². The van der Waals surface area contributed by atoms with Crippen LogP contribution in [0, 0.1) is 5.82 Å². The third-order valence-electron chi connectivity index (χ3n) is 2.53. The Hall–Kier alpha value is -2.23. The second kappa shape index (κ2) is 7.77. The van der Waals surface area contributed by atoms with Crippen molar-refractivity contribution in [3.63, 3.8) is 0 Å². The van der Waals surface area contributed by atoms with Crippen molar-refractivity contribution in [3.05, 3.63) is 28.5 Å². The van der Waals surface area contributed by atoms with Crippen molar-refractivity contribution in [2.75, 3.05) is 5.43 Å². The van der Waals surface area contributed by atoms with Crippen molar-refractivity contribution in [3.8, 4) is 0 Å². The number of anilines is 1. The summed E-state index contributed by atoms with van der Waals surface area (Å²) in [7, 11) is 0. The van der Waals surface area contributed by atoms with Crippen molar-refractivity contribution in [2.45, 2.75) is 39.1 Å². The Bertz CT molecular complexity index is 660. The number of hydrogen-bond donors (Lipinski definition) is 3. The number of nitrogens with one attached hydrogen (secondary N) is 3. The number of benzene rings is 1. The van der Waals surface area contributed by atoms with Gasteiger partial charge in [0.1, 0.15) is 11.4 Å². The average Bonchev–Trinajstić information content (AvgIpc) is 2.42. The molecule has 0 radical (unpaired) electrons. The fraction of sp³-hybridized carbons (Fsp3) is 0.429. The highest BCUT2D eigenvalue weighted by Gasteiger charge is 2.38. The molecule has 25 heavy (non-hydrogen) atoms. The highest BCUT2D eigenvalue weighted by molar-refractivity contribution is 6.33. The molecule has 140 valence electrons. The first-order valence-electron chi connectivity index (χ1n) is 6.87. The van der Waals surface area contributed by atoms with E-state index in [0.717, 1.165) is 12.1 Å². The first-order valence-corrected chi connectivity index (χ1v) is 7.25. The van der Waals surface area contributed by atoms with E-state index in [0.29, 0.717) is 0 Å². The largest absolute Gasteiger partial charge is 0.471 e. The summed E-state index contributed by atoms with van der Waals surface area (Å²) in [6.45, 7) is 4.19. The lowest BCUT2D eigenvalue weighted by Gasteiger charge is -2.20. The van der Waals surface area contributed by atoms with Crippen molar-refractivity contribution in [2.24, 2.45) is 0 Å². The molecule has 0 unspecified atom stereocenters. The fourth-order valence-corrected chi connectivity index (χ4v) is 1.72. The van der Waals surface area contributed by atoms with Gasteiger partial charge in [0.2, 0.25) is 0 Å². The molecule has 0 saturated heterocycles. The van der Waals surface area contributed by atoms with Crippen LogP contribution in [0.4, 0.5) is 28.0 Å². The molecule has 0 heterocycles. The minimum atomic E-state index is -5.08. The Balaban J connectivity index is 2.79. The van der Waals surface area contributed by atoms with Gasteiger partial charge in [-0.25, -0.2) is 14.6 Å². The zero-order valence-corrected chi connectivity index (χ0v) is 14.2. The number of halogens is 5. The molecule has 0 aliphatic heterocycles. The summed E-state index contributed by atoms with van der Waals surface area (Å²) in [6, 6.07) is 1.88. The van der Waals surface area contributed by atoms with Crippen molar-refractivity contribution in [1.29, 1.82) is 0 Å². The number of hydrazine groups is 1. The Morgan fingerprint density at radius 3 is 2.32 bits per heavy atom. The van der Waals surface area contributed by atoms with Crippen LogP contribution in [0.3, 0.4) is 0 Å². The van der Waals surface area contributed by atoms with Gasteiger partial charge in [-0.15, -0.1) is 0 Å². The number of ether oxygens (including phenoxy) is 1. The van der Waals surface area contributed by atoms with Gasteiger partial charge in [0.25, 0.3) is 0 Å². The van der Waals surface area contributed by atoms with Crippen LogP contribution in [0.25, 0.3) is 0 Å². The van der Waals surface area contributed by atoms with Crippen LogP contribution in [0.15, 0.2) is 12.1 Å². The fourth-order valence-electron chi connectivity index (χ4n) is 1.52. The van der Waals surface area contributed by atoms with Crippen LogP contribution < -0.4 is 16.2 Å². The van der Waals surface area contributed by atoms with Gasteiger partial charge >= 0.3 is 18.2 Å². The third-order valence-corrected chi connectivity index (χ3v) is 2.84. The predicted octanol–water partition coefficient (Wildman–Crippen LogP) is 3.51. The first kappa shape index (κ1) is 20.8. The maximum absolute atomic E-state index is 13.7. The van der Waals surface area contributed by atoms with Gasteiger partial charge in [0.15, 0.2) is 0 Å². The standard InChI is InChI=1S/C14H16ClF4N3O3/c1-13(2,3)25-12(24)22-21-10-4-7(9(16)5-8(10)15)6-20-11(23)14(17,18)19/h4-5,21H,6H2,1-3H3,(H,20,23)(H,22,24). The van der Waals surface area contributed by atoms with E-state index in [-0.39, 0.29) is 16.3 Å². The lowest BCUT2D eigenvalue weighted by atomic mass is 10.2. The number of amides is 2. The Morgan fingerprint density at radius 2 is 1.80 bits per heavy atom. The zero-order valence-electron chi connectivity index (χ0n) is 13.5. The van der Waals surface area contributed by atoms with Crippen LogP contribution in [-0.4, -0.2) is 23.8 Å². The number of rotatable bonds is 4. The summed E-state index contributed by atoms with van der Waals surface area (Å²) in [5.74, 6) is -3.13. The van der Waals surface area contributed by atoms with Crippen LogP contribution >= 0.6 is 11.6 Å². The van der Waals surface area contributed by atoms with Crippen LogP contribution in [0.1, 0.15) is 26.3 Å². The molecule has 11 heteroatoms. The lowest BCUT2D eigenvalue weighted by Crippen LogP contribution is -2.37. The quantitative estimate of drug-likeness (QED) is 0.547. The zero-order chi connectivity index (χ0) is 19.4. The Labute approximate surface area is 145 Å². The molecule has 0 aliphatic carbocycles. The van der Waals surface area contributed by atoms with Gasteiger partial charge in [-0.1, -0.05) is 11.6 Å². The smallest absolute Gasteiger partial charge is 0.443 e. The van der Waals surface area contributed by atoms with Crippen molar-refractivity contribution >= 4 is 29.3 Å². The summed E-state index contributed by atoms with van der Waals surface area (Å²) in [6.07, 6.45) is -5.93. The Kier molecular flexibility index (Phi) is 6.47. The van der Waals surface area contributed by atoms with E-state index in [1.165, 1.54) is 5.32 Å². The molecular formula is C14H16ClF4N3O3. The van der Waals surface area contributed by atoms with Gasteiger partial charge in [-0.3, -0.25) is 10.2 Å². The minimum absolute atomic E-state index is 0.00480. The summed E-state index contributed by atoms with van der Waals surface area (Å²) < 4.78 is 55.1. The molecule has 0 aliphatic rings. The number of carbonyl (C=O) groups is 2. The molecular weight excluding hydrogens is 370 g/mol. The summed E-state index contributed by atoms with van der Waals surface area (Å²) >= 11 is 5.79. The van der Waals surface area contributed by atoms with Crippen LogP contribution in [-0.2, 0) is 16.1 Å². The van der Waals surface area contributed by atoms with Gasteiger partial charge in [-0.2, -0.15) is 13.2 Å². The molecule has 0 aromatic heterocycles. The average molecular weight is 386 g/mol. The molecule has 0 spiro atoms. The molecule has 3 N–H and O–H groups in total. The van der Waals surface area contributed by atoms with Gasteiger partial charge in [-0.05, 0) is 32.9 Å². The number of alkyl halides is 3. The topological polar surface area (TPSA) is 79.5 Å². The summed E-state index contributed by atoms with van der Waals surface area (Å²) in [4.78, 5) is 22.3. The van der Waals surface area contributed by atoms with E-state index in [1.54, 1.807) is 20.8 Å². The highest BCUT2D eigenvalue weighted by atomic mass is 35.5. The predicted molar refractivity (Wildman–Crippen MR) is 82.3 cm³/mol. The van der Waals surface area contributed by atoms with E-state index < -0.39 is 36.1 Å². The van der Waals surface area contributed by atoms with Crippen LogP contribution in [0.5, 0.6) is 0 Å². The second-order valence-corrected chi connectivity index (χ2v) is 6.26. The molecule has 6 nitrogen and oxygen atoms in total. The monoisotopic (exact) mass is 385 g/mol. The van der Waals surface area contributed by atoms with E-state index in [9.17, 15) is 27.2 Å². The summed E-state index contributed by atoms with van der Waals surface area (Å²) in [5.41, 5.74) is 3.49. The number of carbonyl (C=O) groups excluding carboxylic acids is 2. The first-order chi connectivity index (χ1) is 11.3. The molecule has 0 saturated carbocycles. The second-order valence-electron chi connectivity index (χ2n) is 5.86. The molecule has 1 aromatic rings. The maximum Gasteiger partial charge on any atom is 0.471 e. The van der Waals surface area contributed by atoms with Gasteiger partial charge in [0, 0.05) is 12.1 Å². The molecule has 0 atom stereocenters. The molecule has 0 bridgehead atoms. The van der Waals surface area contributed by atoms with E-state index in [2.05, 4.69) is 10.9 Å². The normalized spacial score (nSPS) is 11.7. The summed E-state index contributed by atoms with van der Waals surface area (Å²) in [5, 5.41) is 1.40. The minimum Gasteiger partial charge on any atom is -0.443 e. The Morgan fingerprint density at radius 1 is 1.20 bits per heavy atom. The van der Waals surface area contributed by atoms with E-state index >= 15 is 0 Å². The molecule has 2 amide bonds. The van der Waals surface area contributed by atoms with Crippen LogP contribution in [0.2, 0.25) is 5.02 Å². The third kappa shape index (κ3) is 7.04. The molecule has 0 fully saturated rings. The maximum atomic E-state index is 13.7. The lowest BCUT2D eigenvalue weighted by molar-refractivity contribution is -0.173. The van der Waals surface area contributed by atoms with Gasteiger partial charge < -0.3 is 10.1 Å². The van der Waals surface area contributed by atoms with Crippen molar-refractivity contribution in [1.82, 2.24) is 10.7 Å². The molecule has 1 rings (SSSR count). The highest BCUT2D eigenvalue weighted by Crippen LogP contribution is 2.25. The van der Waals surface area contributed by atoms with E-state index in [1.807, 2.05) is 0 Å².